The highest BCUT2D eigenvalue weighted by Gasteiger charge is 2.05. The van der Waals surface area contributed by atoms with Crippen LogP contribution in [0.4, 0.5) is 0 Å². The standard InChI is InChI=1S/C13H18BrN5/c1-18(8-11-2-4-12(14)5-3-11)9-13-10-19(7-6-15)17-16-13/h2-5,10H,6-9,15H2,1H3. The van der Waals surface area contributed by atoms with Crippen molar-refractivity contribution in [2.45, 2.75) is 19.6 Å². The monoisotopic (exact) mass is 323 g/mol. The molecule has 2 aromatic rings. The topological polar surface area (TPSA) is 60.0 Å². The molecule has 0 aliphatic heterocycles. The summed E-state index contributed by atoms with van der Waals surface area (Å²) in [4.78, 5) is 2.21. The van der Waals surface area contributed by atoms with E-state index in [1.807, 2.05) is 6.20 Å². The first kappa shape index (κ1) is 14.2. The normalized spacial score (nSPS) is 11.2. The zero-order valence-corrected chi connectivity index (χ0v) is 12.5. The van der Waals surface area contributed by atoms with Crippen molar-refractivity contribution in [2.24, 2.45) is 5.73 Å². The van der Waals surface area contributed by atoms with Gasteiger partial charge in [0.05, 0.1) is 12.2 Å². The van der Waals surface area contributed by atoms with Gasteiger partial charge in [-0.25, -0.2) is 0 Å². The smallest absolute Gasteiger partial charge is 0.0967 e. The minimum absolute atomic E-state index is 0.581. The Morgan fingerprint density at radius 1 is 1.26 bits per heavy atom. The number of nitrogens with zero attached hydrogens (tertiary/aromatic N) is 4. The molecule has 1 aromatic heterocycles. The number of halogens is 1. The van der Waals surface area contributed by atoms with Crippen molar-refractivity contribution >= 4 is 15.9 Å². The molecule has 0 saturated heterocycles. The van der Waals surface area contributed by atoms with Gasteiger partial charge < -0.3 is 5.73 Å². The van der Waals surface area contributed by atoms with Gasteiger partial charge in [0.25, 0.3) is 0 Å². The lowest BCUT2D eigenvalue weighted by Crippen LogP contribution is -2.17. The first-order valence-corrected chi connectivity index (χ1v) is 6.99. The summed E-state index contributed by atoms with van der Waals surface area (Å²) in [6, 6.07) is 8.35. The number of rotatable bonds is 6. The highest BCUT2D eigenvalue weighted by Crippen LogP contribution is 2.12. The summed E-state index contributed by atoms with van der Waals surface area (Å²) in [5, 5.41) is 8.17. The van der Waals surface area contributed by atoms with Crippen LogP contribution in [0.2, 0.25) is 0 Å². The Morgan fingerprint density at radius 2 is 2.00 bits per heavy atom. The summed E-state index contributed by atoms with van der Waals surface area (Å²) in [7, 11) is 2.07. The third-order valence-corrected chi connectivity index (χ3v) is 3.27. The van der Waals surface area contributed by atoms with Gasteiger partial charge in [0.1, 0.15) is 0 Å². The lowest BCUT2D eigenvalue weighted by Gasteiger charge is -2.14. The van der Waals surface area contributed by atoms with E-state index in [1.54, 1.807) is 4.68 Å². The second-order valence-electron chi connectivity index (χ2n) is 4.56. The predicted molar refractivity (Wildman–Crippen MR) is 78.4 cm³/mol. The second kappa shape index (κ2) is 6.79. The number of hydrogen-bond donors (Lipinski definition) is 1. The molecule has 2 rings (SSSR count). The van der Waals surface area contributed by atoms with Gasteiger partial charge in [-0.15, -0.1) is 5.10 Å². The number of aromatic nitrogens is 3. The maximum atomic E-state index is 5.48. The molecule has 0 aliphatic rings. The number of hydrogen-bond acceptors (Lipinski definition) is 4. The highest BCUT2D eigenvalue weighted by molar-refractivity contribution is 9.10. The number of nitrogens with two attached hydrogens (primary N) is 1. The van der Waals surface area contributed by atoms with Crippen LogP contribution < -0.4 is 5.73 Å². The molecule has 5 nitrogen and oxygen atoms in total. The largest absolute Gasteiger partial charge is 0.329 e. The van der Waals surface area contributed by atoms with Gasteiger partial charge in [-0.3, -0.25) is 9.58 Å². The molecule has 0 saturated carbocycles. The Hall–Kier alpha value is -1.24. The fourth-order valence-corrected chi connectivity index (χ4v) is 2.15. The Bertz CT molecular complexity index is 508. The average Bonchev–Trinajstić information content (AvgIpc) is 2.80. The molecule has 0 fully saturated rings. The van der Waals surface area contributed by atoms with E-state index in [9.17, 15) is 0 Å². The van der Waals surface area contributed by atoms with Crippen LogP contribution in [0.3, 0.4) is 0 Å². The van der Waals surface area contributed by atoms with E-state index in [-0.39, 0.29) is 0 Å². The summed E-state index contributed by atoms with van der Waals surface area (Å²) >= 11 is 3.44. The molecule has 2 N–H and O–H groups in total. The molecule has 0 radical (unpaired) electrons. The molecular weight excluding hydrogens is 306 g/mol. The molecule has 0 aliphatic carbocycles. The Morgan fingerprint density at radius 3 is 2.68 bits per heavy atom. The van der Waals surface area contributed by atoms with Crippen molar-refractivity contribution in [1.82, 2.24) is 19.9 Å². The predicted octanol–water partition coefficient (Wildman–Crippen LogP) is 1.63. The van der Waals surface area contributed by atoms with Gasteiger partial charge in [-0.05, 0) is 24.7 Å². The minimum atomic E-state index is 0.581. The van der Waals surface area contributed by atoms with Gasteiger partial charge in [0, 0.05) is 30.3 Å². The lowest BCUT2D eigenvalue weighted by atomic mass is 10.2. The highest BCUT2D eigenvalue weighted by atomic mass is 79.9. The summed E-state index contributed by atoms with van der Waals surface area (Å²) in [6.45, 7) is 2.96. The van der Waals surface area contributed by atoms with E-state index in [0.29, 0.717) is 13.1 Å². The molecule has 19 heavy (non-hydrogen) atoms. The molecule has 0 amide bonds. The van der Waals surface area contributed by atoms with Crippen molar-refractivity contribution in [3.63, 3.8) is 0 Å². The lowest BCUT2D eigenvalue weighted by molar-refractivity contribution is 0.315. The van der Waals surface area contributed by atoms with Crippen LogP contribution in [0.25, 0.3) is 0 Å². The van der Waals surface area contributed by atoms with E-state index >= 15 is 0 Å². The zero-order chi connectivity index (χ0) is 13.7. The average molecular weight is 324 g/mol. The van der Waals surface area contributed by atoms with Crippen molar-refractivity contribution in [2.75, 3.05) is 13.6 Å². The van der Waals surface area contributed by atoms with E-state index in [4.69, 9.17) is 5.73 Å². The van der Waals surface area contributed by atoms with E-state index in [0.717, 1.165) is 23.3 Å². The molecule has 0 atom stereocenters. The van der Waals surface area contributed by atoms with Crippen LogP contribution in [-0.2, 0) is 19.6 Å². The first-order valence-electron chi connectivity index (χ1n) is 6.19. The van der Waals surface area contributed by atoms with Crippen LogP contribution in [0.15, 0.2) is 34.9 Å². The van der Waals surface area contributed by atoms with Gasteiger partial charge >= 0.3 is 0 Å². The van der Waals surface area contributed by atoms with Gasteiger partial charge in [-0.2, -0.15) is 0 Å². The third-order valence-electron chi connectivity index (χ3n) is 2.74. The fraction of sp³-hybridized carbons (Fsp3) is 0.385. The second-order valence-corrected chi connectivity index (χ2v) is 5.48. The van der Waals surface area contributed by atoms with E-state index in [1.165, 1.54) is 5.56 Å². The van der Waals surface area contributed by atoms with Crippen molar-refractivity contribution < 1.29 is 0 Å². The zero-order valence-electron chi connectivity index (χ0n) is 11.0. The Labute approximate surface area is 121 Å². The third kappa shape index (κ3) is 4.41. The maximum absolute atomic E-state index is 5.48. The van der Waals surface area contributed by atoms with Gasteiger partial charge in [-0.1, -0.05) is 33.3 Å². The molecule has 1 heterocycles. The van der Waals surface area contributed by atoms with Gasteiger partial charge in [0.15, 0.2) is 0 Å². The molecule has 0 spiro atoms. The quantitative estimate of drug-likeness (QED) is 0.877. The van der Waals surface area contributed by atoms with Crippen molar-refractivity contribution in [3.05, 3.63) is 46.2 Å². The molecule has 1 aromatic carbocycles. The molecule has 0 bridgehead atoms. The minimum Gasteiger partial charge on any atom is -0.329 e. The van der Waals surface area contributed by atoms with Crippen LogP contribution >= 0.6 is 15.9 Å². The van der Waals surface area contributed by atoms with Crippen LogP contribution in [-0.4, -0.2) is 33.5 Å². The molecule has 102 valence electrons. The SMILES string of the molecule is CN(Cc1ccc(Br)cc1)Cc1cn(CCN)nn1. The summed E-state index contributed by atoms with van der Waals surface area (Å²) in [6.07, 6.45) is 1.95. The summed E-state index contributed by atoms with van der Waals surface area (Å²) in [5.41, 5.74) is 7.73. The maximum Gasteiger partial charge on any atom is 0.0967 e. The Balaban J connectivity index is 1.89. The summed E-state index contributed by atoms with van der Waals surface area (Å²) in [5.74, 6) is 0. The van der Waals surface area contributed by atoms with Crippen LogP contribution in [0, 0.1) is 0 Å². The molecule has 0 unspecified atom stereocenters. The van der Waals surface area contributed by atoms with E-state index < -0.39 is 0 Å². The molecule has 6 heteroatoms. The van der Waals surface area contributed by atoms with Crippen molar-refractivity contribution in [1.29, 1.82) is 0 Å². The number of benzene rings is 1. The molecular formula is C13H18BrN5. The van der Waals surface area contributed by atoms with Crippen molar-refractivity contribution in [3.8, 4) is 0 Å². The first-order chi connectivity index (χ1) is 9.17. The summed E-state index contributed by atoms with van der Waals surface area (Å²) < 4.78 is 2.88. The fourth-order valence-electron chi connectivity index (χ4n) is 1.89. The van der Waals surface area contributed by atoms with E-state index in [2.05, 4.69) is 62.5 Å². The van der Waals surface area contributed by atoms with Crippen LogP contribution in [0.5, 0.6) is 0 Å². The Kier molecular flexibility index (Phi) is 5.07. The van der Waals surface area contributed by atoms with Crippen LogP contribution in [0.1, 0.15) is 11.3 Å². The van der Waals surface area contributed by atoms with Gasteiger partial charge in [0.2, 0.25) is 0 Å².